The zero-order chi connectivity index (χ0) is 24.5. The second-order valence-corrected chi connectivity index (χ2v) is 10.5. The average Bonchev–Trinajstić information content (AvgIpc) is 3.11. The summed E-state index contributed by atoms with van der Waals surface area (Å²) in [6, 6.07) is 7.60. The van der Waals surface area contributed by atoms with E-state index in [0.717, 1.165) is 10.1 Å². The van der Waals surface area contributed by atoms with E-state index in [1.54, 1.807) is 10.9 Å². The van der Waals surface area contributed by atoms with Crippen molar-refractivity contribution in [2.45, 2.75) is 73.5 Å². The molecule has 3 aromatic rings. The quantitative estimate of drug-likeness (QED) is 0.592. The molecule has 1 amide bonds. The average molecular weight is 454 g/mol. The summed E-state index contributed by atoms with van der Waals surface area (Å²) in [6.07, 6.45) is 1.60. The van der Waals surface area contributed by atoms with E-state index < -0.39 is 17.2 Å². The second kappa shape index (κ2) is 9.37. The highest BCUT2D eigenvalue weighted by Gasteiger charge is 2.21. The molecule has 0 atom stereocenters. The number of amides is 1. The van der Waals surface area contributed by atoms with Crippen LogP contribution in [0.3, 0.4) is 0 Å². The number of rotatable bonds is 7. The standard InChI is InChI=1S/C25H35N5O3/c1-16(2)12-28-15-26-22-21(28)23(32)30(24(33)29(22)13-17(3)4)14-20(31)27-19-10-8-18(9-11-19)25(5,6)7/h8-11,15-17H,12-14H2,1-7H3,(H,27,31). The van der Waals surface area contributed by atoms with Crippen LogP contribution in [0.4, 0.5) is 5.69 Å². The fourth-order valence-corrected chi connectivity index (χ4v) is 3.84. The molecule has 2 heterocycles. The first-order valence-corrected chi connectivity index (χ1v) is 11.5. The molecule has 0 saturated carbocycles. The summed E-state index contributed by atoms with van der Waals surface area (Å²) in [5, 5.41) is 2.80. The Labute approximate surface area is 194 Å². The molecule has 1 aromatic carbocycles. The van der Waals surface area contributed by atoms with E-state index in [1.165, 1.54) is 4.57 Å². The Hall–Kier alpha value is -3.16. The third-order valence-corrected chi connectivity index (χ3v) is 5.43. The largest absolute Gasteiger partial charge is 0.333 e. The number of carbonyl (C=O) groups is 1. The summed E-state index contributed by atoms with van der Waals surface area (Å²) in [7, 11) is 0. The van der Waals surface area contributed by atoms with Crippen LogP contribution in [-0.4, -0.2) is 24.6 Å². The van der Waals surface area contributed by atoms with Crippen LogP contribution >= 0.6 is 0 Å². The fraction of sp³-hybridized carbons (Fsp3) is 0.520. The maximum atomic E-state index is 13.3. The molecule has 8 nitrogen and oxygen atoms in total. The Kier molecular flexibility index (Phi) is 6.95. The highest BCUT2D eigenvalue weighted by molar-refractivity contribution is 5.90. The Morgan fingerprint density at radius 2 is 1.58 bits per heavy atom. The minimum Gasteiger partial charge on any atom is -0.325 e. The van der Waals surface area contributed by atoms with Gasteiger partial charge in [-0.3, -0.25) is 14.2 Å². The minimum atomic E-state index is -0.519. The predicted molar refractivity (Wildman–Crippen MR) is 132 cm³/mol. The summed E-state index contributed by atoms with van der Waals surface area (Å²) >= 11 is 0. The molecule has 8 heteroatoms. The van der Waals surface area contributed by atoms with E-state index in [9.17, 15) is 14.4 Å². The van der Waals surface area contributed by atoms with Crippen molar-refractivity contribution in [3.8, 4) is 0 Å². The smallest absolute Gasteiger partial charge is 0.325 e. The zero-order valence-electron chi connectivity index (χ0n) is 20.7. The highest BCUT2D eigenvalue weighted by atomic mass is 16.2. The molecular formula is C25H35N5O3. The van der Waals surface area contributed by atoms with Gasteiger partial charge in [0.05, 0.1) is 6.33 Å². The van der Waals surface area contributed by atoms with E-state index in [0.29, 0.717) is 35.9 Å². The minimum absolute atomic E-state index is 0.00565. The van der Waals surface area contributed by atoms with Gasteiger partial charge in [0.2, 0.25) is 5.91 Å². The Balaban J connectivity index is 1.98. The van der Waals surface area contributed by atoms with Gasteiger partial charge in [-0.1, -0.05) is 60.6 Å². The van der Waals surface area contributed by atoms with Crippen LogP contribution in [0.2, 0.25) is 0 Å². The SMILES string of the molecule is CC(C)Cn1cnc2c1c(=O)n(CC(=O)Nc1ccc(C(C)(C)C)cc1)c(=O)n2CC(C)C. The lowest BCUT2D eigenvalue weighted by Crippen LogP contribution is -2.43. The summed E-state index contributed by atoms with van der Waals surface area (Å²) in [5.41, 5.74) is 1.48. The van der Waals surface area contributed by atoms with E-state index in [2.05, 4.69) is 31.1 Å². The topological polar surface area (TPSA) is 90.9 Å². The molecule has 0 fully saturated rings. The van der Waals surface area contributed by atoms with Crippen molar-refractivity contribution in [3.05, 3.63) is 57.0 Å². The first-order chi connectivity index (χ1) is 15.4. The van der Waals surface area contributed by atoms with Crippen molar-refractivity contribution >= 4 is 22.8 Å². The number of hydrogen-bond acceptors (Lipinski definition) is 4. The number of nitrogens with zero attached hydrogens (tertiary/aromatic N) is 4. The maximum Gasteiger partial charge on any atom is 0.333 e. The first kappa shape index (κ1) is 24.5. The lowest BCUT2D eigenvalue weighted by atomic mass is 9.87. The van der Waals surface area contributed by atoms with Gasteiger partial charge in [-0.15, -0.1) is 0 Å². The second-order valence-electron chi connectivity index (χ2n) is 10.5. The Morgan fingerprint density at radius 1 is 0.970 bits per heavy atom. The lowest BCUT2D eigenvalue weighted by Gasteiger charge is -2.19. The molecular weight excluding hydrogens is 418 g/mol. The van der Waals surface area contributed by atoms with Crippen LogP contribution in [0.25, 0.3) is 11.2 Å². The first-order valence-electron chi connectivity index (χ1n) is 11.5. The van der Waals surface area contributed by atoms with Crippen molar-refractivity contribution in [2.75, 3.05) is 5.32 Å². The number of aromatic nitrogens is 4. The number of hydrogen-bond donors (Lipinski definition) is 1. The highest BCUT2D eigenvalue weighted by Crippen LogP contribution is 2.23. The fourth-order valence-electron chi connectivity index (χ4n) is 3.84. The van der Waals surface area contributed by atoms with Crippen LogP contribution in [0.15, 0.2) is 40.2 Å². The monoisotopic (exact) mass is 453 g/mol. The molecule has 2 aromatic heterocycles. The van der Waals surface area contributed by atoms with Gasteiger partial charge >= 0.3 is 5.69 Å². The van der Waals surface area contributed by atoms with Crippen molar-refractivity contribution in [1.82, 2.24) is 18.7 Å². The van der Waals surface area contributed by atoms with Crippen molar-refractivity contribution in [3.63, 3.8) is 0 Å². The molecule has 1 N–H and O–H groups in total. The van der Waals surface area contributed by atoms with E-state index in [-0.39, 0.29) is 17.9 Å². The molecule has 178 valence electrons. The number of benzene rings is 1. The lowest BCUT2D eigenvalue weighted by molar-refractivity contribution is -0.116. The molecule has 0 spiro atoms. The maximum absolute atomic E-state index is 13.3. The number of carbonyl (C=O) groups excluding carboxylic acids is 1. The van der Waals surface area contributed by atoms with E-state index >= 15 is 0 Å². The molecule has 0 radical (unpaired) electrons. The van der Waals surface area contributed by atoms with Crippen LogP contribution in [0.1, 0.15) is 54.0 Å². The van der Waals surface area contributed by atoms with Gasteiger partial charge in [0.1, 0.15) is 6.54 Å². The summed E-state index contributed by atoms with van der Waals surface area (Å²) in [6.45, 7) is 15.1. The molecule has 0 aliphatic carbocycles. The van der Waals surface area contributed by atoms with Crippen molar-refractivity contribution in [1.29, 1.82) is 0 Å². The van der Waals surface area contributed by atoms with Crippen molar-refractivity contribution < 1.29 is 4.79 Å². The summed E-state index contributed by atoms with van der Waals surface area (Å²) < 4.78 is 4.30. The third kappa shape index (κ3) is 5.43. The Bertz CT molecular complexity index is 1250. The van der Waals surface area contributed by atoms with Gasteiger partial charge in [0.15, 0.2) is 11.2 Å². The zero-order valence-corrected chi connectivity index (χ0v) is 20.7. The van der Waals surface area contributed by atoms with Gasteiger partial charge in [-0.05, 0) is 34.9 Å². The van der Waals surface area contributed by atoms with Crippen molar-refractivity contribution in [2.24, 2.45) is 11.8 Å². The third-order valence-electron chi connectivity index (χ3n) is 5.43. The number of fused-ring (bicyclic) bond motifs is 1. The summed E-state index contributed by atoms with van der Waals surface area (Å²) in [5.74, 6) is 0.0328. The van der Waals surface area contributed by atoms with E-state index in [4.69, 9.17) is 0 Å². The molecule has 0 aliphatic rings. The molecule has 0 unspecified atom stereocenters. The number of anilines is 1. The van der Waals surface area contributed by atoms with Crippen LogP contribution in [-0.2, 0) is 29.8 Å². The molecule has 0 saturated heterocycles. The van der Waals surface area contributed by atoms with Crippen LogP contribution < -0.4 is 16.6 Å². The van der Waals surface area contributed by atoms with Crippen LogP contribution in [0.5, 0.6) is 0 Å². The van der Waals surface area contributed by atoms with E-state index in [1.807, 2.05) is 52.0 Å². The van der Waals surface area contributed by atoms with Gasteiger partial charge in [-0.2, -0.15) is 0 Å². The Morgan fingerprint density at radius 3 is 2.12 bits per heavy atom. The van der Waals surface area contributed by atoms with Gasteiger partial charge in [0.25, 0.3) is 5.56 Å². The van der Waals surface area contributed by atoms with Crippen LogP contribution in [0, 0.1) is 11.8 Å². The van der Waals surface area contributed by atoms with Gasteiger partial charge in [-0.25, -0.2) is 14.3 Å². The molecule has 0 aliphatic heterocycles. The predicted octanol–water partition coefficient (Wildman–Crippen LogP) is 3.61. The molecule has 0 bridgehead atoms. The van der Waals surface area contributed by atoms with Gasteiger partial charge < -0.3 is 9.88 Å². The number of imidazole rings is 1. The molecule has 33 heavy (non-hydrogen) atoms. The normalized spacial score (nSPS) is 12.2. The van der Waals surface area contributed by atoms with Gasteiger partial charge in [0, 0.05) is 18.8 Å². The summed E-state index contributed by atoms with van der Waals surface area (Å²) in [4.78, 5) is 43.7. The molecule has 3 rings (SSSR count). The number of nitrogens with one attached hydrogen (secondary N) is 1.